The van der Waals surface area contributed by atoms with Crippen LogP contribution in [0.15, 0.2) is 96.1 Å². The van der Waals surface area contributed by atoms with Crippen LogP contribution in [0.4, 0.5) is 11.4 Å². The van der Waals surface area contributed by atoms with E-state index >= 15 is 0 Å². The number of methoxy groups -OCH3 is 1. The lowest BCUT2D eigenvalue weighted by atomic mass is 9.47. The second kappa shape index (κ2) is 10.7. The van der Waals surface area contributed by atoms with Gasteiger partial charge in [0, 0.05) is 23.2 Å². The Morgan fingerprint density at radius 1 is 1.00 bits per heavy atom. The maximum atomic E-state index is 14.5. The van der Waals surface area contributed by atoms with E-state index in [-0.39, 0.29) is 23.0 Å². The average Bonchev–Trinajstić information content (AvgIpc) is 3.32. The number of carbonyl (C=O) groups is 3. The Balaban J connectivity index is 1.34. The summed E-state index contributed by atoms with van der Waals surface area (Å²) in [4.78, 5) is 54.1. The van der Waals surface area contributed by atoms with Crippen LogP contribution < -0.4 is 15.1 Å². The number of hydrogen-bond acceptors (Lipinski definition) is 7. The summed E-state index contributed by atoms with van der Waals surface area (Å²) in [6.07, 6.45) is 1.61. The van der Waals surface area contributed by atoms with E-state index in [1.165, 1.54) is 12.1 Å². The predicted molar refractivity (Wildman–Crippen MR) is 166 cm³/mol. The Hall–Kier alpha value is -5.35. The molecule has 4 aromatic carbocycles. The molecule has 3 amide bonds. The van der Waals surface area contributed by atoms with Crippen molar-refractivity contribution < 1.29 is 24.0 Å². The molecule has 0 aromatic heterocycles. The zero-order chi connectivity index (χ0) is 31.5. The number of nitro benzene ring substituents is 1. The van der Waals surface area contributed by atoms with E-state index in [4.69, 9.17) is 16.3 Å². The summed E-state index contributed by atoms with van der Waals surface area (Å²) in [7, 11) is 1.56. The second-order valence-corrected chi connectivity index (χ2v) is 11.7. The third-order valence-corrected chi connectivity index (χ3v) is 9.28. The van der Waals surface area contributed by atoms with Gasteiger partial charge in [0.05, 0.1) is 35.7 Å². The highest BCUT2D eigenvalue weighted by molar-refractivity contribution is 6.31. The van der Waals surface area contributed by atoms with Gasteiger partial charge in [-0.1, -0.05) is 72.3 Å². The van der Waals surface area contributed by atoms with Crippen LogP contribution in [0.5, 0.6) is 5.75 Å². The van der Waals surface area contributed by atoms with Crippen molar-refractivity contribution in [2.45, 2.75) is 17.8 Å². The molecule has 224 valence electrons. The number of hydrazone groups is 1. The van der Waals surface area contributed by atoms with Crippen LogP contribution in [0, 0.1) is 22.0 Å². The molecule has 1 heterocycles. The zero-order valence-electron chi connectivity index (χ0n) is 23.8. The van der Waals surface area contributed by atoms with E-state index in [1.54, 1.807) is 37.6 Å². The molecule has 4 aromatic rings. The number of rotatable bonds is 7. The van der Waals surface area contributed by atoms with Crippen molar-refractivity contribution >= 4 is 46.9 Å². The van der Waals surface area contributed by atoms with E-state index in [0.717, 1.165) is 38.8 Å². The first-order valence-corrected chi connectivity index (χ1v) is 14.6. The van der Waals surface area contributed by atoms with Gasteiger partial charge in [-0.15, -0.1) is 0 Å². The van der Waals surface area contributed by atoms with Crippen LogP contribution in [-0.4, -0.2) is 36.0 Å². The zero-order valence-corrected chi connectivity index (χ0v) is 24.6. The minimum Gasteiger partial charge on any atom is -0.497 e. The second-order valence-electron chi connectivity index (χ2n) is 11.2. The highest BCUT2D eigenvalue weighted by Crippen LogP contribution is 2.64. The van der Waals surface area contributed by atoms with E-state index < -0.39 is 45.6 Å². The minimum atomic E-state index is -1.25. The van der Waals surface area contributed by atoms with E-state index in [9.17, 15) is 24.5 Å². The molecule has 1 saturated heterocycles. The van der Waals surface area contributed by atoms with Crippen LogP contribution in [0.3, 0.4) is 0 Å². The van der Waals surface area contributed by atoms with Crippen LogP contribution in [0.2, 0.25) is 5.02 Å². The predicted octanol–water partition coefficient (Wildman–Crippen LogP) is 5.15. The number of anilines is 1. The first kappa shape index (κ1) is 28.4. The number of amides is 3. The molecular weight excluding hydrogens is 596 g/mol. The number of nitrogens with zero attached hydrogens (tertiary/aromatic N) is 3. The fraction of sp³-hybridized carbons (Fsp3) is 0.176. The van der Waals surface area contributed by atoms with Crippen molar-refractivity contribution in [2.75, 3.05) is 12.0 Å². The molecule has 0 radical (unpaired) electrons. The van der Waals surface area contributed by atoms with Crippen LogP contribution in [-0.2, 0) is 26.2 Å². The van der Waals surface area contributed by atoms with Gasteiger partial charge in [0.25, 0.3) is 5.69 Å². The third kappa shape index (κ3) is 4.24. The molecule has 0 spiro atoms. The van der Waals surface area contributed by atoms with E-state index in [0.29, 0.717) is 5.75 Å². The fourth-order valence-corrected chi connectivity index (χ4v) is 7.46. The first-order chi connectivity index (χ1) is 21.8. The lowest BCUT2D eigenvalue weighted by Gasteiger charge is -2.52. The number of ether oxygens (including phenoxy) is 1. The number of halogens is 1. The van der Waals surface area contributed by atoms with Crippen molar-refractivity contribution in [3.8, 4) is 5.75 Å². The fourth-order valence-electron chi connectivity index (χ4n) is 7.29. The summed E-state index contributed by atoms with van der Waals surface area (Å²) in [5.41, 5.74) is 4.84. The monoisotopic (exact) mass is 620 g/mol. The quantitative estimate of drug-likeness (QED) is 0.132. The lowest BCUT2D eigenvalue weighted by molar-refractivity contribution is -0.384. The summed E-state index contributed by atoms with van der Waals surface area (Å²) < 4.78 is 5.18. The van der Waals surface area contributed by atoms with Gasteiger partial charge < -0.3 is 4.74 Å². The Morgan fingerprint density at radius 2 is 1.64 bits per heavy atom. The molecule has 0 unspecified atom stereocenters. The average molecular weight is 621 g/mol. The Kier molecular flexibility index (Phi) is 6.74. The molecule has 11 heteroatoms. The molecule has 3 aliphatic carbocycles. The van der Waals surface area contributed by atoms with Gasteiger partial charge in [0.1, 0.15) is 11.4 Å². The van der Waals surface area contributed by atoms with E-state index in [1.807, 2.05) is 48.5 Å². The van der Waals surface area contributed by atoms with Crippen LogP contribution in [0.25, 0.3) is 0 Å². The van der Waals surface area contributed by atoms with Crippen molar-refractivity contribution in [2.24, 2.45) is 16.9 Å². The van der Waals surface area contributed by atoms with Crippen molar-refractivity contribution in [1.29, 1.82) is 0 Å². The van der Waals surface area contributed by atoms with Gasteiger partial charge in [-0.2, -0.15) is 5.10 Å². The molecule has 45 heavy (non-hydrogen) atoms. The highest BCUT2D eigenvalue weighted by atomic mass is 35.5. The molecule has 10 nitrogen and oxygen atoms in total. The number of nitro groups is 1. The molecular formula is C34H25ClN4O6. The van der Waals surface area contributed by atoms with E-state index in [2.05, 4.69) is 10.5 Å². The first-order valence-electron chi connectivity index (χ1n) is 14.2. The maximum absolute atomic E-state index is 14.5. The minimum absolute atomic E-state index is 0.0566. The number of imide groups is 1. The highest BCUT2D eigenvalue weighted by Gasteiger charge is 2.68. The molecule has 1 fully saturated rings. The van der Waals surface area contributed by atoms with Gasteiger partial charge in [0.2, 0.25) is 17.7 Å². The Bertz CT molecular complexity index is 1890. The maximum Gasteiger partial charge on any atom is 0.294 e. The van der Waals surface area contributed by atoms with Crippen LogP contribution in [0.1, 0.15) is 33.7 Å². The van der Waals surface area contributed by atoms with Crippen molar-refractivity contribution in [3.63, 3.8) is 0 Å². The van der Waals surface area contributed by atoms with Crippen molar-refractivity contribution in [3.05, 3.63) is 134 Å². The number of carbonyl (C=O) groups excluding carboxylic acids is 3. The van der Waals surface area contributed by atoms with Gasteiger partial charge in [-0.3, -0.25) is 24.5 Å². The van der Waals surface area contributed by atoms with Gasteiger partial charge in [-0.05, 0) is 52.1 Å². The normalized spacial score (nSPS) is 22.6. The molecule has 0 saturated carbocycles. The molecule has 2 atom stereocenters. The Labute approximate surface area is 262 Å². The SMILES string of the molecule is COc1ccc(CC(=O)N/N=C\C23c4ccccc4C(c4ccccc42)[C@@H]2C(=O)N(c4ccc(Cl)cc4[N+](=O)[O-])C(=O)[C@@H]23)cc1. The van der Waals surface area contributed by atoms with Gasteiger partial charge >= 0.3 is 0 Å². The lowest BCUT2D eigenvalue weighted by Crippen LogP contribution is -2.54. The van der Waals surface area contributed by atoms with Crippen LogP contribution >= 0.6 is 11.6 Å². The summed E-state index contributed by atoms with van der Waals surface area (Å²) in [5.74, 6) is -3.12. The Morgan fingerprint density at radius 3 is 2.27 bits per heavy atom. The summed E-state index contributed by atoms with van der Waals surface area (Å²) in [6.45, 7) is 0. The molecule has 1 aliphatic heterocycles. The largest absolute Gasteiger partial charge is 0.497 e. The smallest absolute Gasteiger partial charge is 0.294 e. The summed E-state index contributed by atoms with van der Waals surface area (Å²) in [5, 5.41) is 16.5. The number of hydrogen-bond donors (Lipinski definition) is 1. The van der Waals surface area contributed by atoms with Gasteiger partial charge in [-0.25, -0.2) is 10.3 Å². The molecule has 8 rings (SSSR count). The number of benzene rings is 4. The topological polar surface area (TPSA) is 131 Å². The summed E-state index contributed by atoms with van der Waals surface area (Å²) >= 11 is 6.06. The number of nitrogens with one attached hydrogen (secondary N) is 1. The third-order valence-electron chi connectivity index (χ3n) is 9.04. The van der Waals surface area contributed by atoms with Crippen molar-refractivity contribution in [1.82, 2.24) is 5.43 Å². The summed E-state index contributed by atoms with van der Waals surface area (Å²) in [6, 6.07) is 26.1. The molecule has 2 bridgehead atoms. The standard InChI is InChI=1S/C34H25ClN4O6/c1-45-21-13-10-19(11-14-21)16-28(40)37-36-18-34-24-8-4-2-6-22(24)29(23-7-3-5-9-25(23)34)30-31(34)33(42)38(32(30)41)26-15-12-20(35)17-27(26)39(43)44/h2-15,17-18,29-31H,16H2,1H3,(H,37,40)/b36-18-/t29?,30-,31+,34?/m0/s1. The molecule has 1 N–H and O–H groups in total. The van der Waals surface area contributed by atoms with Gasteiger partial charge in [0.15, 0.2) is 0 Å². The molecule has 4 aliphatic rings.